The highest BCUT2D eigenvalue weighted by Gasteiger charge is 2.42. The van der Waals surface area contributed by atoms with Crippen LogP contribution in [0.15, 0.2) is 5.38 Å². The molecule has 1 fully saturated rings. The molecule has 2 heterocycles. The summed E-state index contributed by atoms with van der Waals surface area (Å²) < 4.78 is 5.23. The van der Waals surface area contributed by atoms with E-state index in [1.165, 1.54) is 11.3 Å². The summed E-state index contributed by atoms with van der Waals surface area (Å²) in [6.07, 6.45) is 4.86. The molecule has 21 heavy (non-hydrogen) atoms. The van der Waals surface area contributed by atoms with Gasteiger partial charge in [-0.05, 0) is 31.2 Å². The van der Waals surface area contributed by atoms with Gasteiger partial charge in [0, 0.05) is 36.3 Å². The van der Waals surface area contributed by atoms with E-state index in [2.05, 4.69) is 5.32 Å². The number of aliphatic carboxylic acids is 1. The second-order valence-electron chi connectivity index (χ2n) is 5.71. The van der Waals surface area contributed by atoms with Crippen LogP contribution in [0.3, 0.4) is 0 Å². The number of carboxylic acid groups (broad SMARTS) is 1. The van der Waals surface area contributed by atoms with E-state index in [1.54, 1.807) is 11.3 Å². The van der Waals surface area contributed by atoms with Crippen LogP contribution < -0.4 is 5.32 Å². The number of thiophene rings is 1. The Morgan fingerprint density at radius 1 is 1.24 bits per heavy atom. The van der Waals surface area contributed by atoms with E-state index in [0.717, 1.165) is 24.8 Å². The molecule has 0 atom stereocenters. The number of amides is 1. The third-order valence-corrected chi connectivity index (χ3v) is 5.50. The first-order chi connectivity index (χ1) is 10.1. The molecule has 1 aromatic heterocycles. The van der Waals surface area contributed by atoms with Crippen LogP contribution in [-0.2, 0) is 22.4 Å². The summed E-state index contributed by atoms with van der Waals surface area (Å²) in [7, 11) is 0. The molecule has 0 bridgehead atoms. The number of carboxylic acids is 1. The summed E-state index contributed by atoms with van der Waals surface area (Å²) in [6.45, 7) is 0.739. The highest BCUT2D eigenvalue weighted by Crippen LogP contribution is 2.31. The van der Waals surface area contributed by atoms with Crippen molar-refractivity contribution in [1.29, 1.82) is 0 Å². The molecule has 1 aromatic rings. The maximum Gasteiger partial charge on any atom is 0.329 e. The Hall–Kier alpha value is -1.40. The van der Waals surface area contributed by atoms with Gasteiger partial charge >= 0.3 is 5.97 Å². The molecule has 5 nitrogen and oxygen atoms in total. The first-order valence-electron chi connectivity index (χ1n) is 7.35. The van der Waals surface area contributed by atoms with Crippen molar-refractivity contribution in [1.82, 2.24) is 5.32 Å². The summed E-state index contributed by atoms with van der Waals surface area (Å²) in [5.74, 6) is -1.22. The SMILES string of the molecule is O=C(NC1(C(=O)O)CCOCC1)c1csc2c1CCCC2. The predicted octanol–water partition coefficient (Wildman–Crippen LogP) is 1.99. The lowest BCUT2D eigenvalue weighted by Gasteiger charge is -2.34. The van der Waals surface area contributed by atoms with Gasteiger partial charge in [0.1, 0.15) is 5.54 Å². The largest absolute Gasteiger partial charge is 0.480 e. The molecule has 1 saturated heterocycles. The standard InChI is InChI=1S/C15H19NO4S/c17-13(11-9-21-12-4-2-1-3-10(11)12)16-15(14(18)19)5-7-20-8-6-15/h9H,1-8H2,(H,16,17)(H,18,19). The lowest BCUT2D eigenvalue weighted by atomic mass is 9.89. The number of nitrogens with one attached hydrogen (secondary N) is 1. The molecule has 0 saturated carbocycles. The smallest absolute Gasteiger partial charge is 0.329 e. The first kappa shape index (κ1) is 14.5. The van der Waals surface area contributed by atoms with Crippen molar-refractivity contribution in [2.45, 2.75) is 44.1 Å². The van der Waals surface area contributed by atoms with Crippen molar-refractivity contribution in [2.75, 3.05) is 13.2 Å². The minimum Gasteiger partial charge on any atom is -0.480 e. The van der Waals surface area contributed by atoms with E-state index >= 15 is 0 Å². The van der Waals surface area contributed by atoms with E-state index in [4.69, 9.17) is 4.74 Å². The zero-order chi connectivity index (χ0) is 14.9. The Labute approximate surface area is 127 Å². The quantitative estimate of drug-likeness (QED) is 0.895. The van der Waals surface area contributed by atoms with Gasteiger partial charge in [-0.3, -0.25) is 4.79 Å². The summed E-state index contributed by atoms with van der Waals surface area (Å²) in [5.41, 5.74) is 0.608. The van der Waals surface area contributed by atoms with Gasteiger partial charge in [0.05, 0.1) is 5.56 Å². The number of rotatable bonds is 3. The molecule has 1 amide bonds. The van der Waals surface area contributed by atoms with Crippen LogP contribution in [0.2, 0.25) is 0 Å². The maximum atomic E-state index is 12.5. The number of fused-ring (bicyclic) bond motifs is 1. The molecule has 0 radical (unpaired) electrons. The van der Waals surface area contributed by atoms with Gasteiger partial charge in [0.2, 0.25) is 0 Å². The summed E-state index contributed by atoms with van der Waals surface area (Å²) >= 11 is 1.62. The Morgan fingerprint density at radius 3 is 2.67 bits per heavy atom. The molecule has 1 aliphatic heterocycles. The fraction of sp³-hybridized carbons (Fsp3) is 0.600. The number of hydrogen-bond donors (Lipinski definition) is 2. The Kier molecular flexibility index (Phi) is 3.99. The number of hydrogen-bond acceptors (Lipinski definition) is 4. The van der Waals surface area contributed by atoms with Gasteiger partial charge in [-0.15, -0.1) is 11.3 Å². The van der Waals surface area contributed by atoms with E-state index in [1.807, 2.05) is 5.38 Å². The molecular weight excluding hydrogens is 290 g/mol. The molecular formula is C15H19NO4S. The topological polar surface area (TPSA) is 75.6 Å². The van der Waals surface area contributed by atoms with E-state index in [9.17, 15) is 14.7 Å². The van der Waals surface area contributed by atoms with Crippen molar-refractivity contribution in [3.05, 3.63) is 21.4 Å². The second-order valence-corrected chi connectivity index (χ2v) is 6.68. The maximum absolute atomic E-state index is 12.5. The van der Waals surface area contributed by atoms with Gasteiger partial charge in [-0.25, -0.2) is 4.79 Å². The molecule has 114 valence electrons. The molecule has 6 heteroatoms. The van der Waals surface area contributed by atoms with Gasteiger partial charge in [0.15, 0.2) is 0 Å². The number of ether oxygens (including phenoxy) is 1. The molecule has 0 aromatic carbocycles. The van der Waals surface area contributed by atoms with Crippen molar-refractivity contribution in [3.63, 3.8) is 0 Å². The van der Waals surface area contributed by atoms with Crippen molar-refractivity contribution < 1.29 is 19.4 Å². The lowest BCUT2D eigenvalue weighted by Crippen LogP contribution is -2.57. The number of carbonyl (C=O) groups is 2. The summed E-state index contributed by atoms with van der Waals surface area (Å²) in [6, 6.07) is 0. The number of aryl methyl sites for hydroxylation is 1. The number of carbonyl (C=O) groups excluding carboxylic acids is 1. The van der Waals surface area contributed by atoms with Crippen LogP contribution in [0.5, 0.6) is 0 Å². The van der Waals surface area contributed by atoms with Crippen molar-refractivity contribution in [3.8, 4) is 0 Å². The normalized spacial score (nSPS) is 20.6. The fourth-order valence-corrected chi connectivity index (χ4v) is 4.21. The zero-order valence-electron chi connectivity index (χ0n) is 11.8. The van der Waals surface area contributed by atoms with Gasteiger partial charge in [-0.1, -0.05) is 0 Å². The Bertz CT molecular complexity index is 560. The summed E-state index contributed by atoms with van der Waals surface area (Å²) in [4.78, 5) is 25.4. The van der Waals surface area contributed by atoms with E-state index in [-0.39, 0.29) is 5.91 Å². The van der Waals surface area contributed by atoms with Gasteiger partial charge in [-0.2, -0.15) is 0 Å². The molecule has 0 unspecified atom stereocenters. The molecule has 2 aliphatic rings. The van der Waals surface area contributed by atoms with Crippen LogP contribution in [0.25, 0.3) is 0 Å². The van der Waals surface area contributed by atoms with Gasteiger partial charge in [0.25, 0.3) is 5.91 Å². The Morgan fingerprint density at radius 2 is 1.95 bits per heavy atom. The van der Waals surface area contributed by atoms with E-state index < -0.39 is 11.5 Å². The minimum absolute atomic E-state index is 0.251. The summed E-state index contributed by atoms with van der Waals surface area (Å²) in [5, 5.41) is 14.2. The lowest BCUT2D eigenvalue weighted by molar-refractivity contribution is -0.148. The van der Waals surface area contributed by atoms with Crippen molar-refractivity contribution in [2.24, 2.45) is 0 Å². The fourth-order valence-electron chi connectivity index (χ4n) is 3.08. The molecule has 2 N–H and O–H groups in total. The van der Waals surface area contributed by atoms with Crippen LogP contribution in [-0.4, -0.2) is 35.7 Å². The highest BCUT2D eigenvalue weighted by atomic mass is 32.1. The highest BCUT2D eigenvalue weighted by molar-refractivity contribution is 7.10. The van der Waals surface area contributed by atoms with Crippen LogP contribution in [0, 0.1) is 0 Å². The van der Waals surface area contributed by atoms with E-state index in [0.29, 0.717) is 31.6 Å². The third-order valence-electron chi connectivity index (χ3n) is 4.41. The first-order valence-corrected chi connectivity index (χ1v) is 8.23. The van der Waals surface area contributed by atoms with Crippen LogP contribution >= 0.6 is 11.3 Å². The third kappa shape index (κ3) is 2.70. The van der Waals surface area contributed by atoms with Crippen LogP contribution in [0.4, 0.5) is 0 Å². The molecule has 1 aliphatic carbocycles. The molecule has 0 spiro atoms. The van der Waals surface area contributed by atoms with Crippen LogP contribution in [0.1, 0.15) is 46.5 Å². The Balaban J connectivity index is 1.82. The van der Waals surface area contributed by atoms with Gasteiger partial charge < -0.3 is 15.2 Å². The molecule has 3 rings (SSSR count). The average Bonchev–Trinajstić information content (AvgIpc) is 2.92. The predicted molar refractivity (Wildman–Crippen MR) is 78.8 cm³/mol. The second kappa shape index (κ2) is 5.77. The monoisotopic (exact) mass is 309 g/mol. The van der Waals surface area contributed by atoms with Crippen molar-refractivity contribution >= 4 is 23.2 Å². The average molecular weight is 309 g/mol. The zero-order valence-corrected chi connectivity index (χ0v) is 12.6. The minimum atomic E-state index is -1.18.